The van der Waals surface area contributed by atoms with Gasteiger partial charge in [0, 0.05) is 22.5 Å². The van der Waals surface area contributed by atoms with Crippen LogP contribution in [0.1, 0.15) is 22.5 Å². The van der Waals surface area contributed by atoms with Gasteiger partial charge in [0.15, 0.2) is 0 Å². The van der Waals surface area contributed by atoms with Crippen LogP contribution in [0.25, 0.3) is 10.1 Å². The van der Waals surface area contributed by atoms with Crippen molar-refractivity contribution >= 4 is 38.9 Å². The van der Waals surface area contributed by atoms with Crippen LogP contribution in [0.15, 0.2) is 24.3 Å². The maximum Gasteiger partial charge on any atom is 0.261 e. The van der Waals surface area contributed by atoms with Crippen LogP contribution < -0.4 is 5.32 Å². The second-order valence-electron chi connectivity index (χ2n) is 5.11. The standard InChI is InChI=1S/C14H13ClFNOS/c15-7-14(3-4-14)8-17-13(18)12-5-9-1-2-10(16)6-11(9)19-12/h1-2,5-6H,3-4,7-8H2,(H,17,18). The Kier molecular flexibility index (Phi) is 3.23. The zero-order valence-corrected chi connectivity index (χ0v) is 11.8. The van der Waals surface area contributed by atoms with Crippen molar-refractivity contribution in [3.05, 3.63) is 35.0 Å². The fourth-order valence-electron chi connectivity index (χ4n) is 2.01. The van der Waals surface area contributed by atoms with Crippen molar-refractivity contribution in [2.45, 2.75) is 12.8 Å². The molecule has 100 valence electrons. The zero-order valence-electron chi connectivity index (χ0n) is 10.2. The van der Waals surface area contributed by atoms with Gasteiger partial charge in [0.1, 0.15) is 5.82 Å². The summed E-state index contributed by atoms with van der Waals surface area (Å²) in [7, 11) is 0. The van der Waals surface area contributed by atoms with E-state index in [0.717, 1.165) is 22.9 Å². The number of halogens is 2. The van der Waals surface area contributed by atoms with Crippen LogP contribution in [-0.2, 0) is 0 Å². The van der Waals surface area contributed by atoms with Gasteiger partial charge in [0.2, 0.25) is 0 Å². The molecule has 0 spiro atoms. The van der Waals surface area contributed by atoms with E-state index < -0.39 is 0 Å². The number of alkyl halides is 1. The number of carbonyl (C=O) groups is 1. The number of hydrogen-bond donors (Lipinski definition) is 1. The van der Waals surface area contributed by atoms with Gasteiger partial charge in [-0.15, -0.1) is 22.9 Å². The molecule has 1 aromatic carbocycles. The van der Waals surface area contributed by atoms with Crippen LogP contribution in [0, 0.1) is 11.2 Å². The molecule has 5 heteroatoms. The number of hydrogen-bond acceptors (Lipinski definition) is 2. The molecule has 1 heterocycles. The van der Waals surface area contributed by atoms with Crippen molar-refractivity contribution in [2.24, 2.45) is 5.41 Å². The molecule has 1 amide bonds. The minimum Gasteiger partial charge on any atom is -0.351 e. The summed E-state index contributed by atoms with van der Waals surface area (Å²) in [5.74, 6) is 0.212. The lowest BCUT2D eigenvalue weighted by atomic mass is 10.1. The lowest BCUT2D eigenvalue weighted by molar-refractivity contribution is 0.0950. The van der Waals surface area contributed by atoms with Gasteiger partial charge in [-0.25, -0.2) is 4.39 Å². The molecule has 2 nitrogen and oxygen atoms in total. The Bertz CT molecular complexity index is 635. The predicted molar refractivity (Wildman–Crippen MR) is 76.5 cm³/mol. The van der Waals surface area contributed by atoms with Crippen LogP contribution in [0.2, 0.25) is 0 Å². The van der Waals surface area contributed by atoms with Crippen LogP contribution in [-0.4, -0.2) is 18.3 Å². The molecule has 0 bridgehead atoms. The Morgan fingerprint density at radius 3 is 2.89 bits per heavy atom. The Balaban J connectivity index is 1.74. The van der Waals surface area contributed by atoms with E-state index in [-0.39, 0.29) is 17.1 Å². The van der Waals surface area contributed by atoms with Gasteiger partial charge in [-0.1, -0.05) is 6.07 Å². The van der Waals surface area contributed by atoms with Crippen molar-refractivity contribution in [2.75, 3.05) is 12.4 Å². The Labute approximate surface area is 119 Å². The van der Waals surface area contributed by atoms with Crippen LogP contribution in [0.5, 0.6) is 0 Å². The molecule has 0 aliphatic heterocycles. The summed E-state index contributed by atoms with van der Waals surface area (Å²) in [6.07, 6.45) is 2.16. The summed E-state index contributed by atoms with van der Waals surface area (Å²) >= 11 is 7.19. The SMILES string of the molecule is O=C(NCC1(CCl)CC1)c1cc2ccc(F)cc2s1. The maximum atomic E-state index is 13.1. The van der Waals surface area contributed by atoms with Gasteiger partial charge in [-0.3, -0.25) is 4.79 Å². The number of nitrogens with one attached hydrogen (secondary N) is 1. The molecule has 1 fully saturated rings. The van der Waals surface area contributed by atoms with Crippen molar-refractivity contribution in [1.29, 1.82) is 0 Å². The van der Waals surface area contributed by atoms with Gasteiger partial charge in [-0.2, -0.15) is 0 Å². The number of benzene rings is 1. The first-order chi connectivity index (χ1) is 9.12. The molecule has 1 saturated carbocycles. The van der Waals surface area contributed by atoms with Crippen LogP contribution in [0.4, 0.5) is 4.39 Å². The van der Waals surface area contributed by atoms with Crippen LogP contribution in [0.3, 0.4) is 0 Å². The van der Waals surface area contributed by atoms with Gasteiger partial charge in [0.25, 0.3) is 5.91 Å². The highest BCUT2D eigenvalue weighted by molar-refractivity contribution is 7.20. The van der Waals surface area contributed by atoms with Crippen molar-refractivity contribution in [3.63, 3.8) is 0 Å². The van der Waals surface area contributed by atoms with Crippen molar-refractivity contribution in [3.8, 4) is 0 Å². The largest absolute Gasteiger partial charge is 0.351 e. The summed E-state index contributed by atoms with van der Waals surface area (Å²) in [6, 6.07) is 6.36. The molecule has 1 aliphatic carbocycles. The number of amides is 1. The quantitative estimate of drug-likeness (QED) is 0.855. The molecular weight excluding hydrogens is 285 g/mol. The van der Waals surface area contributed by atoms with E-state index in [9.17, 15) is 9.18 Å². The fraction of sp³-hybridized carbons (Fsp3) is 0.357. The van der Waals surface area contributed by atoms with Gasteiger partial charge >= 0.3 is 0 Å². The third-order valence-electron chi connectivity index (χ3n) is 3.57. The molecular formula is C14H13ClFNOS. The number of carbonyl (C=O) groups excluding carboxylic acids is 1. The molecule has 2 aromatic rings. The minimum absolute atomic E-state index is 0.0991. The second kappa shape index (κ2) is 4.76. The minimum atomic E-state index is -0.277. The first-order valence-electron chi connectivity index (χ1n) is 6.15. The maximum absolute atomic E-state index is 13.1. The van der Waals surface area contributed by atoms with E-state index in [2.05, 4.69) is 5.32 Å². The Hall–Kier alpha value is -1.13. The van der Waals surface area contributed by atoms with E-state index in [0.29, 0.717) is 17.3 Å². The molecule has 0 atom stereocenters. The molecule has 1 aliphatic rings. The summed E-state index contributed by atoms with van der Waals surface area (Å²) in [5, 5.41) is 3.82. The van der Waals surface area contributed by atoms with E-state index in [1.54, 1.807) is 12.1 Å². The van der Waals surface area contributed by atoms with Gasteiger partial charge < -0.3 is 5.32 Å². The second-order valence-corrected chi connectivity index (χ2v) is 6.46. The van der Waals surface area contributed by atoms with Gasteiger partial charge in [0.05, 0.1) is 4.88 Å². The van der Waals surface area contributed by atoms with E-state index in [1.165, 1.54) is 23.5 Å². The average molecular weight is 298 g/mol. The summed E-state index contributed by atoms with van der Waals surface area (Å²) in [4.78, 5) is 12.7. The lowest BCUT2D eigenvalue weighted by Crippen LogP contribution is -2.30. The molecule has 1 N–H and O–H groups in total. The zero-order chi connectivity index (χ0) is 13.5. The smallest absolute Gasteiger partial charge is 0.261 e. The molecule has 19 heavy (non-hydrogen) atoms. The Morgan fingerprint density at radius 1 is 1.42 bits per heavy atom. The molecule has 0 saturated heterocycles. The van der Waals surface area contributed by atoms with E-state index >= 15 is 0 Å². The highest BCUT2D eigenvalue weighted by Gasteiger charge is 2.41. The van der Waals surface area contributed by atoms with Gasteiger partial charge in [-0.05, 0) is 36.4 Å². The number of thiophene rings is 1. The summed E-state index contributed by atoms with van der Waals surface area (Å²) in [5.41, 5.74) is 0.111. The van der Waals surface area contributed by atoms with Crippen molar-refractivity contribution in [1.82, 2.24) is 5.32 Å². The summed E-state index contributed by atoms with van der Waals surface area (Å²) in [6.45, 7) is 0.623. The normalized spacial score (nSPS) is 16.5. The highest BCUT2D eigenvalue weighted by atomic mass is 35.5. The van der Waals surface area contributed by atoms with Crippen molar-refractivity contribution < 1.29 is 9.18 Å². The first-order valence-corrected chi connectivity index (χ1v) is 7.50. The average Bonchev–Trinajstić information content (AvgIpc) is 3.07. The third kappa shape index (κ3) is 2.60. The Morgan fingerprint density at radius 2 is 2.21 bits per heavy atom. The molecule has 3 rings (SSSR count). The number of fused-ring (bicyclic) bond motifs is 1. The fourth-order valence-corrected chi connectivity index (χ4v) is 3.37. The van der Waals surface area contributed by atoms with E-state index in [4.69, 9.17) is 11.6 Å². The summed E-state index contributed by atoms with van der Waals surface area (Å²) < 4.78 is 13.9. The third-order valence-corrected chi connectivity index (χ3v) is 5.23. The monoisotopic (exact) mass is 297 g/mol. The number of rotatable bonds is 4. The van der Waals surface area contributed by atoms with Crippen LogP contribution >= 0.6 is 22.9 Å². The van der Waals surface area contributed by atoms with E-state index in [1.807, 2.05) is 0 Å². The molecule has 0 unspecified atom stereocenters. The lowest BCUT2D eigenvalue weighted by Gasteiger charge is -2.11. The first kappa shape index (κ1) is 12.9. The molecule has 0 radical (unpaired) electrons. The topological polar surface area (TPSA) is 29.1 Å². The highest BCUT2D eigenvalue weighted by Crippen LogP contribution is 2.45. The molecule has 1 aromatic heterocycles. The predicted octanol–water partition coefficient (Wildman–Crippen LogP) is 3.79.